The SMILES string of the molecule is COc1cc2c(cc1OC)C(=O)C(CCc1cc[n+](Cc3ccccc3)cc1C(C)=O)C2.[Br-]. The van der Waals surface area contributed by atoms with Gasteiger partial charge in [-0.05, 0) is 49.4 Å². The molecule has 0 fully saturated rings. The molecule has 0 saturated heterocycles. The molecule has 5 nitrogen and oxygen atoms in total. The molecule has 1 atom stereocenters. The second-order valence-electron chi connectivity index (χ2n) is 8.27. The Kier molecular flexibility index (Phi) is 8.03. The third-order valence-electron chi connectivity index (χ3n) is 6.17. The minimum absolute atomic E-state index is 0. The van der Waals surface area contributed by atoms with Gasteiger partial charge in [-0.25, -0.2) is 4.57 Å². The Hall–Kier alpha value is -2.99. The van der Waals surface area contributed by atoms with Crippen LogP contribution < -0.4 is 31.0 Å². The molecule has 0 amide bonds. The highest BCUT2D eigenvalue weighted by Crippen LogP contribution is 2.38. The molecule has 2 aromatic carbocycles. The number of carbonyl (C=O) groups is 2. The van der Waals surface area contributed by atoms with Gasteiger partial charge in [0.1, 0.15) is 0 Å². The van der Waals surface area contributed by atoms with Gasteiger partial charge in [0.05, 0.1) is 19.8 Å². The third kappa shape index (κ3) is 5.33. The van der Waals surface area contributed by atoms with Crippen LogP contribution in [0.1, 0.15) is 50.8 Å². The first kappa shape index (κ1) is 24.6. The number of carbonyl (C=O) groups excluding carboxylic acids is 2. The number of aromatic nitrogens is 1. The number of hydrogen-bond donors (Lipinski definition) is 0. The van der Waals surface area contributed by atoms with Crippen LogP contribution in [0.4, 0.5) is 0 Å². The summed E-state index contributed by atoms with van der Waals surface area (Å²) in [6.45, 7) is 2.31. The van der Waals surface area contributed by atoms with E-state index in [1.54, 1.807) is 27.2 Å². The Balaban J connectivity index is 0.00000306. The first-order valence-corrected chi connectivity index (χ1v) is 10.9. The lowest BCUT2D eigenvalue weighted by molar-refractivity contribution is -0.688. The van der Waals surface area contributed by atoms with Gasteiger partial charge in [0.25, 0.3) is 0 Å². The van der Waals surface area contributed by atoms with Gasteiger partial charge in [0, 0.05) is 23.1 Å². The number of methoxy groups -OCH3 is 2. The van der Waals surface area contributed by atoms with Crippen molar-refractivity contribution >= 4 is 11.6 Å². The zero-order chi connectivity index (χ0) is 22.7. The van der Waals surface area contributed by atoms with Crippen molar-refractivity contribution in [3.8, 4) is 11.5 Å². The fourth-order valence-corrected chi connectivity index (χ4v) is 4.46. The van der Waals surface area contributed by atoms with Crippen molar-refractivity contribution < 1.29 is 40.6 Å². The number of benzene rings is 2. The fraction of sp³-hybridized carbons (Fsp3) is 0.296. The predicted molar refractivity (Wildman–Crippen MR) is 122 cm³/mol. The van der Waals surface area contributed by atoms with Gasteiger partial charge in [0.2, 0.25) is 0 Å². The van der Waals surface area contributed by atoms with E-state index in [4.69, 9.17) is 9.47 Å². The second-order valence-corrected chi connectivity index (χ2v) is 8.27. The van der Waals surface area contributed by atoms with Gasteiger partial charge in [-0.15, -0.1) is 0 Å². The molecular weight excluding hydrogens is 482 g/mol. The number of pyridine rings is 1. The molecule has 0 bridgehead atoms. The molecule has 0 spiro atoms. The van der Waals surface area contributed by atoms with Crippen LogP contribution in [0.15, 0.2) is 60.9 Å². The van der Waals surface area contributed by atoms with Crippen molar-refractivity contribution in [3.05, 3.63) is 88.7 Å². The molecule has 1 aliphatic rings. The molecule has 6 heteroatoms. The molecule has 1 aliphatic carbocycles. The molecule has 3 aromatic rings. The van der Waals surface area contributed by atoms with Gasteiger partial charge in [-0.3, -0.25) is 9.59 Å². The minimum Gasteiger partial charge on any atom is -1.00 e. The van der Waals surface area contributed by atoms with Crippen molar-refractivity contribution in [1.82, 2.24) is 0 Å². The van der Waals surface area contributed by atoms with Crippen molar-refractivity contribution in [2.24, 2.45) is 5.92 Å². The molecule has 0 saturated carbocycles. The van der Waals surface area contributed by atoms with Gasteiger partial charge in [-0.2, -0.15) is 0 Å². The topological polar surface area (TPSA) is 56.5 Å². The molecular formula is C27H28BrNO4. The standard InChI is InChI=1S/C27H28NO4.BrH/c1-18(29)24-17-28(16-19-7-5-4-6-8-19)12-11-20(24)9-10-21-13-22-14-25(31-2)26(32-3)15-23(22)27(21)30;/h4-8,11-12,14-15,17,21H,9-10,13,16H2,1-3H3;1H/q+1;/p-1. The average Bonchev–Trinajstić information content (AvgIpc) is 3.12. The third-order valence-corrected chi connectivity index (χ3v) is 6.17. The normalized spacial score (nSPS) is 14.4. The summed E-state index contributed by atoms with van der Waals surface area (Å²) in [7, 11) is 3.17. The first-order chi connectivity index (χ1) is 15.5. The molecule has 1 aromatic heterocycles. The minimum atomic E-state index is -0.0988. The fourth-order valence-electron chi connectivity index (χ4n) is 4.46. The van der Waals surface area contributed by atoms with Crippen molar-refractivity contribution in [1.29, 1.82) is 0 Å². The monoisotopic (exact) mass is 509 g/mol. The molecule has 1 unspecified atom stereocenters. The number of aryl methyl sites for hydroxylation is 1. The Labute approximate surface area is 205 Å². The summed E-state index contributed by atoms with van der Waals surface area (Å²) in [6.07, 6.45) is 5.99. The van der Waals surface area contributed by atoms with E-state index in [0.29, 0.717) is 42.9 Å². The highest BCUT2D eigenvalue weighted by atomic mass is 79.9. The molecule has 4 rings (SSSR count). The van der Waals surface area contributed by atoms with Crippen LogP contribution in [0.25, 0.3) is 0 Å². The Morgan fingerprint density at radius 3 is 2.42 bits per heavy atom. The van der Waals surface area contributed by atoms with E-state index < -0.39 is 0 Å². The van der Waals surface area contributed by atoms with E-state index in [9.17, 15) is 9.59 Å². The molecule has 172 valence electrons. The Morgan fingerprint density at radius 1 is 1.06 bits per heavy atom. The summed E-state index contributed by atoms with van der Waals surface area (Å²) in [4.78, 5) is 25.3. The lowest BCUT2D eigenvalue weighted by atomic mass is 9.94. The van der Waals surface area contributed by atoms with Crippen molar-refractivity contribution in [3.63, 3.8) is 0 Å². The van der Waals surface area contributed by atoms with Crippen LogP contribution in [0, 0.1) is 5.92 Å². The van der Waals surface area contributed by atoms with Crippen molar-refractivity contribution in [2.45, 2.75) is 32.7 Å². The number of fused-ring (bicyclic) bond motifs is 1. The van der Waals surface area contributed by atoms with Gasteiger partial charge in [-0.1, -0.05) is 30.3 Å². The van der Waals surface area contributed by atoms with Crippen molar-refractivity contribution in [2.75, 3.05) is 14.2 Å². The summed E-state index contributed by atoms with van der Waals surface area (Å²) < 4.78 is 12.8. The van der Waals surface area contributed by atoms with E-state index in [0.717, 1.165) is 16.7 Å². The van der Waals surface area contributed by atoms with Crippen LogP contribution in [0.2, 0.25) is 0 Å². The van der Waals surface area contributed by atoms with Crippen LogP contribution in [-0.2, 0) is 19.4 Å². The van der Waals surface area contributed by atoms with Crippen LogP contribution >= 0.6 is 0 Å². The van der Waals surface area contributed by atoms with Crippen LogP contribution in [0.5, 0.6) is 11.5 Å². The van der Waals surface area contributed by atoms with Gasteiger partial charge >= 0.3 is 0 Å². The number of Topliss-reactive ketones (excluding diaryl/α,β-unsaturated/α-hetero) is 2. The van der Waals surface area contributed by atoms with Gasteiger partial charge in [0.15, 0.2) is 42.0 Å². The molecule has 0 radical (unpaired) electrons. The lowest BCUT2D eigenvalue weighted by Crippen LogP contribution is -3.00. The predicted octanol–water partition coefficient (Wildman–Crippen LogP) is 1.23. The average molecular weight is 510 g/mol. The number of nitrogens with zero attached hydrogens (tertiary/aromatic N) is 1. The zero-order valence-electron chi connectivity index (χ0n) is 19.1. The van der Waals surface area contributed by atoms with E-state index in [-0.39, 0.29) is 34.5 Å². The number of hydrogen-bond acceptors (Lipinski definition) is 4. The molecule has 33 heavy (non-hydrogen) atoms. The first-order valence-electron chi connectivity index (χ1n) is 10.9. The number of halogens is 1. The maximum Gasteiger partial charge on any atom is 0.180 e. The number of rotatable bonds is 8. The summed E-state index contributed by atoms with van der Waals surface area (Å²) in [6, 6.07) is 15.9. The van der Waals surface area contributed by atoms with E-state index in [2.05, 4.69) is 12.1 Å². The smallest absolute Gasteiger partial charge is 0.180 e. The van der Waals surface area contributed by atoms with Crippen LogP contribution in [0.3, 0.4) is 0 Å². The summed E-state index contributed by atoms with van der Waals surface area (Å²) in [5, 5.41) is 0. The molecule has 0 N–H and O–H groups in total. The summed E-state index contributed by atoms with van der Waals surface area (Å²) >= 11 is 0. The molecule has 1 heterocycles. The van der Waals surface area contributed by atoms with E-state index in [1.807, 2.05) is 47.3 Å². The summed E-state index contributed by atoms with van der Waals surface area (Å²) in [5.41, 5.74) is 4.60. The molecule has 0 aliphatic heterocycles. The number of ketones is 2. The Bertz CT molecular complexity index is 1160. The largest absolute Gasteiger partial charge is 1.00 e. The zero-order valence-corrected chi connectivity index (χ0v) is 20.7. The van der Waals surface area contributed by atoms with E-state index >= 15 is 0 Å². The van der Waals surface area contributed by atoms with E-state index in [1.165, 1.54) is 5.56 Å². The lowest BCUT2D eigenvalue weighted by Gasteiger charge is -2.10. The number of ether oxygens (including phenoxy) is 2. The summed E-state index contributed by atoms with van der Waals surface area (Å²) in [5.74, 6) is 1.30. The van der Waals surface area contributed by atoms with Crippen LogP contribution in [-0.4, -0.2) is 25.8 Å². The van der Waals surface area contributed by atoms with Gasteiger partial charge < -0.3 is 26.5 Å². The Morgan fingerprint density at radius 2 is 1.76 bits per heavy atom. The second kappa shape index (κ2) is 10.8. The quantitative estimate of drug-likeness (QED) is 0.338. The highest BCUT2D eigenvalue weighted by Gasteiger charge is 2.32. The maximum absolute atomic E-state index is 13.0. The highest BCUT2D eigenvalue weighted by molar-refractivity contribution is 6.03. The maximum atomic E-state index is 13.0.